The first-order valence-electron chi connectivity index (χ1n) is 8.66. The number of nitrogens with zero attached hydrogens (tertiary/aromatic N) is 6. The van der Waals surface area contributed by atoms with E-state index in [2.05, 4.69) is 31.8 Å². The van der Waals surface area contributed by atoms with Crippen LogP contribution in [-0.4, -0.2) is 77.0 Å². The number of rotatable bonds is 2. The van der Waals surface area contributed by atoms with Crippen molar-refractivity contribution in [3.8, 4) is 0 Å². The third-order valence-electron chi connectivity index (χ3n) is 5.00. The number of hydrogen-bond donors (Lipinski definition) is 0. The Bertz CT molecular complexity index is 742. The van der Waals surface area contributed by atoms with E-state index in [0.717, 1.165) is 50.5 Å². The number of likely N-dealkylation sites (N-methyl/N-ethyl adjacent to an activating group) is 1. The lowest BCUT2D eigenvalue weighted by atomic mass is 10.1. The molecule has 0 N–H and O–H groups in total. The van der Waals surface area contributed by atoms with Crippen molar-refractivity contribution >= 4 is 23.1 Å². The van der Waals surface area contributed by atoms with E-state index in [1.165, 1.54) is 16.9 Å². The Hall–Kier alpha value is -2.06. The Morgan fingerprint density at radius 3 is 2.60 bits per heavy atom. The van der Waals surface area contributed by atoms with Crippen molar-refractivity contribution in [1.82, 2.24) is 24.8 Å². The number of amides is 1. The zero-order valence-electron chi connectivity index (χ0n) is 14.4. The molecule has 4 rings (SSSR count). The van der Waals surface area contributed by atoms with Gasteiger partial charge in [-0.3, -0.25) is 4.79 Å². The molecule has 1 fully saturated rings. The summed E-state index contributed by atoms with van der Waals surface area (Å²) in [7, 11) is 2.15. The number of anilines is 1. The Labute approximate surface area is 151 Å². The van der Waals surface area contributed by atoms with E-state index in [0.29, 0.717) is 18.8 Å². The Morgan fingerprint density at radius 1 is 1.04 bits per heavy atom. The number of aromatic nitrogens is 3. The van der Waals surface area contributed by atoms with Crippen molar-refractivity contribution in [3.05, 3.63) is 34.2 Å². The minimum atomic E-state index is 0.0168. The second kappa shape index (κ2) is 7.05. The summed E-state index contributed by atoms with van der Waals surface area (Å²) in [6, 6.07) is 0. The van der Waals surface area contributed by atoms with Gasteiger partial charge in [-0.1, -0.05) is 0 Å². The molecule has 1 saturated heterocycles. The summed E-state index contributed by atoms with van der Waals surface area (Å²) in [6.07, 6.45) is 3.24. The van der Waals surface area contributed by atoms with Crippen molar-refractivity contribution < 1.29 is 4.79 Å². The summed E-state index contributed by atoms with van der Waals surface area (Å²) < 4.78 is 0. The van der Waals surface area contributed by atoms with Gasteiger partial charge in [0.2, 0.25) is 0 Å². The molecule has 0 aliphatic carbocycles. The Balaban J connectivity index is 1.53. The van der Waals surface area contributed by atoms with E-state index in [1.807, 2.05) is 10.3 Å². The molecule has 2 aliphatic rings. The van der Waals surface area contributed by atoms with Gasteiger partial charge in [-0.15, -0.1) is 11.3 Å². The van der Waals surface area contributed by atoms with Gasteiger partial charge >= 0.3 is 0 Å². The van der Waals surface area contributed by atoms with Gasteiger partial charge in [0.1, 0.15) is 17.8 Å². The molecule has 2 aromatic rings. The fourth-order valence-electron chi connectivity index (χ4n) is 3.48. The van der Waals surface area contributed by atoms with Crippen LogP contribution in [0.25, 0.3) is 0 Å². The van der Waals surface area contributed by atoms with Gasteiger partial charge in [-0.2, -0.15) is 0 Å². The monoisotopic (exact) mass is 358 g/mol. The van der Waals surface area contributed by atoms with Crippen LogP contribution < -0.4 is 4.90 Å². The normalized spacial score (nSPS) is 18.8. The maximum atomic E-state index is 12.6. The summed E-state index contributed by atoms with van der Waals surface area (Å²) in [6.45, 7) is 5.45. The molecular weight excluding hydrogens is 336 g/mol. The molecule has 0 bridgehead atoms. The molecule has 0 atom stereocenters. The van der Waals surface area contributed by atoms with Crippen LogP contribution in [0.4, 0.5) is 5.82 Å². The van der Waals surface area contributed by atoms with Gasteiger partial charge in [-0.05, 0) is 13.5 Å². The maximum absolute atomic E-state index is 12.6. The van der Waals surface area contributed by atoms with Crippen LogP contribution in [0.15, 0.2) is 17.2 Å². The molecule has 7 nitrogen and oxygen atoms in total. The van der Waals surface area contributed by atoms with Crippen LogP contribution in [0.3, 0.4) is 0 Å². The zero-order valence-corrected chi connectivity index (χ0v) is 15.2. The zero-order chi connectivity index (χ0) is 17.2. The highest BCUT2D eigenvalue weighted by Gasteiger charge is 2.26. The van der Waals surface area contributed by atoms with Gasteiger partial charge in [0.15, 0.2) is 0 Å². The van der Waals surface area contributed by atoms with Crippen LogP contribution in [-0.2, 0) is 12.8 Å². The van der Waals surface area contributed by atoms with Crippen molar-refractivity contribution in [2.24, 2.45) is 0 Å². The number of carbonyl (C=O) groups excluding carboxylic acids is 1. The first-order chi connectivity index (χ1) is 12.2. The minimum absolute atomic E-state index is 0.0168. The predicted octanol–water partition coefficient (Wildman–Crippen LogP) is 0.926. The standard InChI is InChI=1S/C17H22N6OS/c1-21-6-8-22(9-7-21)16-13-2-4-23(5-3-14(13)18-11-19-16)17(24)15-10-25-12-20-15/h10-12H,2-9H2,1H3. The second-order valence-electron chi connectivity index (χ2n) is 6.58. The molecule has 0 spiro atoms. The molecule has 0 saturated carbocycles. The topological polar surface area (TPSA) is 65.5 Å². The average Bonchev–Trinajstić information content (AvgIpc) is 3.08. The smallest absolute Gasteiger partial charge is 0.273 e. The van der Waals surface area contributed by atoms with Crippen LogP contribution in [0.5, 0.6) is 0 Å². The number of fused-ring (bicyclic) bond motifs is 1. The molecule has 2 aromatic heterocycles. The molecule has 0 radical (unpaired) electrons. The van der Waals surface area contributed by atoms with E-state index >= 15 is 0 Å². The van der Waals surface area contributed by atoms with Crippen LogP contribution in [0.1, 0.15) is 21.7 Å². The van der Waals surface area contributed by atoms with E-state index in [9.17, 15) is 4.79 Å². The third-order valence-corrected chi connectivity index (χ3v) is 5.59. The summed E-state index contributed by atoms with van der Waals surface area (Å²) in [5.74, 6) is 1.07. The van der Waals surface area contributed by atoms with Crippen LogP contribution in [0, 0.1) is 0 Å². The van der Waals surface area contributed by atoms with Gasteiger partial charge in [-0.25, -0.2) is 15.0 Å². The summed E-state index contributed by atoms with van der Waals surface area (Å²) in [5, 5.41) is 1.82. The number of carbonyl (C=O) groups is 1. The summed E-state index contributed by atoms with van der Waals surface area (Å²) in [5.41, 5.74) is 4.54. The van der Waals surface area contributed by atoms with Crippen LogP contribution in [0.2, 0.25) is 0 Å². The van der Waals surface area contributed by atoms with Crippen molar-refractivity contribution in [3.63, 3.8) is 0 Å². The largest absolute Gasteiger partial charge is 0.354 e. The van der Waals surface area contributed by atoms with Crippen molar-refractivity contribution in [2.75, 3.05) is 51.2 Å². The lowest BCUT2D eigenvalue weighted by molar-refractivity contribution is 0.0758. The highest BCUT2D eigenvalue weighted by Crippen LogP contribution is 2.25. The lowest BCUT2D eigenvalue weighted by Crippen LogP contribution is -2.45. The molecule has 0 unspecified atom stereocenters. The van der Waals surface area contributed by atoms with Gasteiger partial charge in [0, 0.05) is 56.6 Å². The van der Waals surface area contributed by atoms with E-state index in [1.54, 1.807) is 11.8 Å². The SMILES string of the molecule is CN1CCN(c2ncnc3c2CCN(C(=O)c2cscn2)CC3)CC1. The quantitative estimate of drug-likeness (QED) is 0.796. The molecule has 1 amide bonds. The molecule has 2 aliphatic heterocycles. The van der Waals surface area contributed by atoms with Crippen LogP contribution >= 0.6 is 11.3 Å². The van der Waals surface area contributed by atoms with Gasteiger partial charge < -0.3 is 14.7 Å². The summed E-state index contributed by atoms with van der Waals surface area (Å²) in [4.78, 5) is 32.4. The van der Waals surface area contributed by atoms with E-state index in [4.69, 9.17) is 0 Å². The first kappa shape index (κ1) is 16.4. The number of hydrogen-bond acceptors (Lipinski definition) is 7. The summed E-state index contributed by atoms with van der Waals surface area (Å²) >= 11 is 1.45. The highest BCUT2D eigenvalue weighted by atomic mass is 32.1. The molecule has 25 heavy (non-hydrogen) atoms. The van der Waals surface area contributed by atoms with Gasteiger partial charge in [0.05, 0.1) is 11.2 Å². The number of thiazole rings is 1. The maximum Gasteiger partial charge on any atom is 0.273 e. The predicted molar refractivity (Wildman–Crippen MR) is 97.2 cm³/mol. The number of piperazine rings is 1. The third kappa shape index (κ3) is 3.36. The van der Waals surface area contributed by atoms with Crippen molar-refractivity contribution in [2.45, 2.75) is 12.8 Å². The fraction of sp³-hybridized carbons (Fsp3) is 0.529. The molecule has 4 heterocycles. The Morgan fingerprint density at radius 2 is 1.84 bits per heavy atom. The molecule has 8 heteroatoms. The minimum Gasteiger partial charge on any atom is -0.354 e. The highest BCUT2D eigenvalue weighted by molar-refractivity contribution is 7.07. The fourth-order valence-corrected chi connectivity index (χ4v) is 4.01. The van der Waals surface area contributed by atoms with E-state index < -0.39 is 0 Å². The molecule has 0 aromatic carbocycles. The van der Waals surface area contributed by atoms with E-state index in [-0.39, 0.29) is 5.91 Å². The average molecular weight is 358 g/mol. The second-order valence-corrected chi connectivity index (χ2v) is 7.30. The van der Waals surface area contributed by atoms with Gasteiger partial charge in [0.25, 0.3) is 5.91 Å². The van der Waals surface area contributed by atoms with Crippen molar-refractivity contribution in [1.29, 1.82) is 0 Å². The first-order valence-corrected chi connectivity index (χ1v) is 9.60. The molecular formula is C17H22N6OS. The molecule has 132 valence electrons. The lowest BCUT2D eigenvalue weighted by Gasteiger charge is -2.34. The Kier molecular flexibility index (Phi) is 4.63.